The van der Waals surface area contributed by atoms with E-state index in [0.29, 0.717) is 17.5 Å². The molecular formula is C55H33N5. The second kappa shape index (κ2) is 13.8. The summed E-state index contributed by atoms with van der Waals surface area (Å²) >= 11 is 0. The van der Waals surface area contributed by atoms with Crippen LogP contribution in [0.25, 0.3) is 122 Å². The third-order valence-electron chi connectivity index (χ3n) is 11.7. The first-order valence-corrected chi connectivity index (χ1v) is 20.1. The van der Waals surface area contributed by atoms with E-state index in [1.165, 1.54) is 32.3 Å². The second-order valence-electron chi connectivity index (χ2n) is 15.3. The lowest BCUT2D eigenvalue weighted by Gasteiger charge is -2.17. The Hall–Kier alpha value is -8.15. The quantitative estimate of drug-likeness (QED) is 0.158. The minimum absolute atomic E-state index is 0.610. The van der Waals surface area contributed by atoms with Gasteiger partial charge in [0.2, 0.25) is 0 Å². The number of benzene rings is 9. The lowest BCUT2D eigenvalue weighted by molar-refractivity contribution is 1.07. The molecule has 5 heteroatoms. The number of aromatic nitrogens is 5. The molecule has 12 rings (SSSR count). The highest BCUT2D eigenvalue weighted by Crippen LogP contribution is 2.43. The summed E-state index contributed by atoms with van der Waals surface area (Å²) in [7, 11) is 0. The molecule has 9 aromatic carbocycles. The third kappa shape index (κ3) is 5.67. The average Bonchev–Trinajstić information content (AvgIpc) is 3.33. The lowest BCUT2D eigenvalue weighted by Crippen LogP contribution is -2.00. The minimum Gasteiger partial charge on any atom is -0.264 e. The van der Waals surface area contributed by atoms with E-state index in [4.69, 9.17) is 19.9 Å². The summed E-state index contributed by atoms with van der Waals surface area (Å²) in [5, 5.41) is 10.8. The average molecular weight is 764 g/mol. The van der Waals surface area contributed by atoms with E-state index < -0.39 is 0 Å². The van der Waals surface area contributed by atoms with Crippen molar-refractivity contribution in [2.75, 3.05) is 0 Å². The fraction of sp³-hybridized carbons (Fsp3) is 0. The van der Waals surface area contributed by atoms with E-state index in [2.05, 4.69) is 126 Å². The highest BCUT2D eigenvalue weighted by molar-refractivity contribution is 6.26. The Bertz CT molecular complexity index is 3530. The SMILES string of the molecule is c1ccc(-c2nc(-c3ccccc3)nc(-c3cc(-c4ccc(-c5nc6ccccc6c6ccncc56)cc4)cc(-c4cc5cccc6ccc7cccc4c7c65)c3)n2)cc1. The van der Waals surface area contributed by atoms with Crippen LogP contribution >= 0.6 is 0 Å². The molecule has 0 N–H and O–H groups in total. The Morgan fingerprint density at radius 2 is 0.883 bits per heavy atom. The first-order chi connectivity index (χ1) is 29.7. The highest BCUT2D eigenvalue weighted by atomic mass is 15.0. The summed E-state index contributed by atoms with van der Waals surface area (Å²) in [6, 6.07) is 66.2. The molecule has 12 aromatic rings. The van der Waals surface area contributed by atoms with Gasteiger partial charge in [-0.05, 0) is 96.4 Å². The molecule has 0 radical (unpaired) electrons. The third-order valence-corrected chi connectivity index (χ3v) is 11.7. The number of para-hydroxylation sites is 1. The van der Waals surface area contributed by atoms with E-state index >= 15 is 0 Å². The molecule has 278 valence electrons. The van der Waals surface area contributed by atoms with E-state index in [-0.39, 0.29) is 0 Å². The van der Waals surface area contributed by atoms with Crippen molar-refractivity contribution in [3.8, 4) is 67.7 Å². The predicted molar refractivity (Wildman–Crippen MR) is 247 cm³/mol. The van der Waals surface area contributed by atoms with Gasteiger partial charge in [-0.3, -0.25) is 4.98 Å². The first-order valence-electron chi connectivity index (χ1n) is 20.1. The van der Waals surface area contributed by atoms with Gasteiger partial charge in [-0.15, -0.1) is 0 Å². The van der Waals surface area contributed by atoms with Gasteiger partial charge >= 0.3 is 0 Å². The van der Waals surface area contributed by atoms with Crippen LogP contribution in [-0.2, 0) is 0 Å². The van der Waals surface area contributed by atoms with Crippen LogP contribution in [0, 0.1) is 0 Å². The molecule has 60 heavy (non-hydrogen) atoms. The molecule has 0 atom stereocenters. The molecule has 0 saturated carbocycles. The lowest BCUT2D eigenvalue weighted by atomic mass is 9.87. The van der Waals surface area contributed by atoms with Crippen molar-refractivity contribution in [2.45, 2.75) is 0 Å². The zero-order chi connectivity index (χ0) is 39.6. The molecule has 0 aliphatic carbocycles. The summed E-state index contributed by atoms with van der Waals surface area (Å²) in [6.07, 6.45) is 3.78. The standard InChI is InChI=1S/C55H33N5/c1-3-11-38(12-4-1)53-58-54(39-13-5-2-6-14-39)60-55(59-53)43-30-41(29-42(31-43)47-32-40-17-9-15-35-23-24-36-16-10-19-46(47)51(36)50(35)40)34-21-25-37(26-22-34)52-48-33-56-28-27-44(48)45-18-7-8-20-49(45)57-52/h1-33H. The Labute approximate surface area is 345 Å². The molecular weight excluding hydrogens is 731 g/mol. The normalized spacial score (nSPS) is 11.7. The fourth-order valence-electron chi connectivity index (χ4n) is 8.86. The summed E-state index contributed by atoms with van der Waals surface area (Å²) in [4.78, 5) is 25.0. The van der Waals surface area contributed by atoms with Crippen LogP contribution in [0.15, 0.2) is 200 Å². The Kier molecular flexibility index (Phi) is 7.78. The van der Waals surface area contributed by atoms with Crippen LogP contribution in [0.1, 0.15) is 0 Å². The smallest absolute Gasteiger partial charge is 0.164 e. The number of nitrogens with zero attached hydrogens (tertiary/aromatic N) is 5. The summed E-state index contributed by atoms with van der Waals surface area (Å²) in [5.74, 6) is 1.86. The maximum absolute atomic E-state index is 5.18. The molecule has 3 heterocycles. The second-order valence-corrected chi connectivity index (χ2v) is 15.3. The Morgan fingerprint density at radius 3 is 1.63 bits per heavy atom. The predicted octanol–water partition coefficient (Wildman–Crippen LogP) is 13.9. The number of hydrogen-bond acceptors (Lipinski definition) is 5. The van der Waals surface area contributed by atoms with Gasteiger partial charge in [0.05, 0.1) is 11.2 Å². The van der Waals surface area contributed by atoms with Crippen molar-refractivity contribution in [1.29, 1.82) is 0 Å². The van der Waals surface area contributed by atoms with Crippen LogP contribution in [0.3, 0.4) is 0 Å². The van der Waals surface area contributed by atoms with Crippen molar-refractivity contribution in [2.24, 2.45) is 0 Å². The van der Waals surface area contributed by atoms with E-state index in [1.54, 1.807) is 0 Å². The van der Waals surface area contributed by atoms with Crippen LogP contribution < -0.4 is 0 Å². The molecule has 0 aliphatic rings. The summed E-state index contributed by atoms with van der Waals surface area (Å²) in [5.41, 5.74) is 10.0. The van der Waals surface area contributed by atoms with Gasteiger partial charge < -0.3 is 0 Å². The van der Waals surface area contributed by atoms with E-state index in [9.17, 15) is 0 Å². The van der Waals surface area contributed by atoms with Crippen molar-refractivity contribution >= 4 is 54.0 Å². The van der Waals surface area contributed by atoms with Gasteiger partial charge in [-0.2, -0.15) is 0 Å². The maximum atomic E-state index is 5.18. The summed E-state index contributed by atoms with van der Waals surface area (Å²) in [6.45, 7) is 0. The molecule has 0 bridgehead atoms. The zero-order valence-corrected chi connectivity index (χ0v) is 32.3. The zero-order valence-electron chi connectivity index (χ0n) is 32.3. The molecule has 0 unspecified atom stereocenters. The summed E-state index contributed by atoms with van der Waals surface area (Å²) < 4.78 is 0. The number of hydrogen-bond donors (Lipinski definition) is 0. The van der Waals surface area contributed by atoms with Gasteiger partial charge in [0.25, 0.3) is 0 Å². The van der Waals surface area contributed by atoms with Crippen molar-refractivity contribution in [1.82, 2.24) is 24.9 Å². The molecule has 0 amide bonds. The highest BCUT2D eigenvalue weighted by Gasteiger charge is 2.18. The van der Waals surface area contributed by atoms with Gasteiger partial charge in [0.1, 0.15) is 0 Å². The number of pyridine rings is 2. The number of fused-ring (bicyclic) bond motifs is 3. The molecule has 0 saturated heterocycles. The first kappa shape index (κ1) is 33.9. The van der Waals surface area contributed by atoms with Crippen LogP contribution in [0.2, 0.25) is 0 Å². The molecule has 0 aliphatic heterocycles. The monoisotopic (exact) mass is 763 g/mol. The van der Waals surface area contributed by atoms with Crippen molar-refractivity contribution in [3.63, 3.8) is 0 Å². The molecule has 5 nitrogen and oxygen atoms in total. The molecule has 3 aromatic heterocycles. The Balaban J connectivity index is 1.08. The van der Waals surface area contributed by atoms with Gasteiger partial charge in [-0.1, -0.05) is 152 Å². The van der Waals surface area contributed by atoms with Crippen LogP contribution in [-0.4, -0.2) is 24.9 Å². The van der Waals surface area contributed by atoms with E-state index in [1.807, 2.05) is 79.1 Å². The van der Waals surface area contributed by atoms with Crippen LogP contribution in [0.4, 0.5) is 0 Å². The Morgan fingerprint density at radius 1 is 0.300 bits per heavy atom. The van der Waals surface area contributed by atoms with Crippen molar-refractivity contribution < 1.29 is 0 Å². The minimum atomic E-state index is 0.610. The maximum Gasteiger partial charge on any atom is 0.164 e. The van der Waals surface area contributed by atoms with Gasteiger partial charge in [0, 0.05) is 45.4 Å². The fourth-order valence-corrected chi connectivity index (χ4v) is 8.86. The molecule has 0 spiro atoms. The topological polar surface area (TPSA) is 64.5 Å². The van der Waals surface area contributed by atoms with E-state index in [0.717, 1.165) is 71.9 Å². The molecule has 0 fully saturated rings. The van der Waals surface area contributed by atoms with Crippen LogP contribution in [0.5, 0.6) is 0 Å². The van der Waals surface area contributed by atoms with Gasteiger partial charge in [-0.25, -0.2) is 19.9 Å². The number of rotatable bonds is 6. The van der Waals surface area contributed by atoms with Gasteiger partial charge in [0.15, 0.2) is 17.5 Å². The van der Waals surface area contributed by atoms with Crippen molar-refractivity contribution in [3.05, 3.63) is 200 Å². The largest absolute Gasteiger partial charge is 0.264 e.